The summed E-state index contributed by atoms with van der Waals surface area (Å²) in [4.78, 5) is 62.3. The molecule has 4 rings (SSSR count). The maximum Gasteiger partial charge on any atom is 0.309 e. The molecule has 42 heavy (non-hydrogen) atoms. The van der Waals surface area contributed by atoms with E-state index in [1.807, 2.05) is 6.92 Å². The first kappa shape index (κ1) is 32.2. The highest BCUT2D eigenvalue weighted by Gasteiger charge is 2.77. The number of hydrogen-bond acceptors (Lipinski definition) is 12. The van der Waals surface area contributed by atoms with Gasteiger partial charge in [-0.05, 0) is 44.9 Å². The van der Waals surface area contributed by atoms with E-state index in [0.29, 0.717) is 6.42 Å². The van der Waals surface area contributed by atoms with Gasteiger partial charge in [-0.2, -0.15) is 0 Å². The van der Waals surface area contributed by atoms with E-state index in [2.05, 4.69) is 0 Å². The van der Waals surface area contributed by atoms with Gasteiger partial charge in [0, 0.05) is 51.9 Å². The van der Waals surface area contributed by atoms with Gasteiger partial charge in [0.15, 0.2) is 0 Å². The van der Waals surface area contributed by atoms with E-state index in [1.165, 1.54) is 27.7 Å². The van der Waals surface area contributed by atoms with Crippen molar-refractivity contribution in [2.24, 2.45) is 28.6 Å². The van der Waals surface area contributed by atoms with Gasteiger partial charge in [0.2, 0.25) is 0 Å². The molecule has 0 aromatic carbocycles. The van der Waals surface area contributed by atoms with Gasteiger partial charge >= 0.3 is 29.8 Å². The Hall–Kier alpha value is -2.73. The Balaban J connectivity index is 1.92. The molecule has 0 aliphatic heterocycles. The third-order valence-corrected chi connectivity index (χ3v) is 10.6. The number of fused-ring (bicyclic) bond motifs is 5. The molecule has 10 atom stereocenters. The fourth-order valence-corrected chi connectivity index (χ4v) is 9.23. The van der Waals surface area contributed by atoms with Crippen molar-refractivity contribution in [1.82, 2.24) is 0 Å². The summed E-state index contributed by atoms with van der Waals surface area (Å²) in [6, 6.07) is 0. The van der Waals surface area contributed by atoms with Crippen LogP contribution >= 0.6 is 0 Å². The van der Waals surface area contributed by atoms with Gasteiger partial charge in [0.05, 0.1) is 29.1 Å². The van der Waals surface area contributed by atoms with Crippen LogP contribution in [0.3, 0.4) is 0 Å². The summed E-state index contributed by atoms with van der Waals surface area (Å²) in [6.45, 7) is 8.24. The monoisotopic (exact) mass is 596 g/mol. The normalized spacial score (nSPS) is 42.2. The first-order chi connectivity index (χ1) is 19.5. The number of aliphatic hydroxyl groups is 2. The molecule has 236 valence electrons. The molecular weight excluding hydrogens is 552 g/mol. The van der Waals surface area contributed by atoms with Crippen molar-refractivity contribution in [3.05, 3.63) is 0 Å². The Labute approximate surface area is 245 Å². The van der Waals surface area contributed by atoms with Crippen LogP contribution in [0.25, 0.3) is 0 Å². The van der Waals surface area contributed by atoms with Crippen molar-refractivity contribution in [1.29, 1.82) is 0 Å². The molecule has 12 heteroatoms. The van der Waals surface area contributed by atoms with Gasteiger partial charge < -0.3 is 33.9 Å². The van der Waals surface area contributed by atoms with Crippen molar-refractivity contribution in [2.45, 2.75) is 116 Å². The van der Waals surface area contributed by atoms with Gasteiger partial charge in [-0.1, -0.05) is 6.92 Å². The number of ether oxygens (including phenoxy) is 5. The van der Waals surface area contributed by atoms with E-state index >= 15 is 0 Å². The lowest BCUT2D eigenvalue weighted by atomic mass is 9.40. The third kappa shape index (κ3) is 5.08. The van der Waals surface area contributed by atoms with Crippen LogP contribution in [-0.2, 0) is 47.7 Å². The van der Waals surface area contributed by atoms with Crippen LogP contribution in [0.15, 0.2) is 0 Å². The third-order valence-electron chi connectivity index (χ3n) is 10.6. The zero-order valence-electron chi connectivity index (χ0n) is 25.3. The van der Waals surface area contributed by atoms with Crippen molar-refractivity contribution in [3.8, 4) is 0 Å². The van der Waals surface area contributed by atoms with Gasteiger partial charge in [0.25, 0.3) is 0 Å². The predicted molar refractivity (Wildman–Crippen MR) is 143 cm³/mol. The fraction of sp³-hybridized carbons (Fsp3) is 0.833. The second-order valence-electron chi connectivity index (χ2n) is 12.8. The molecule has 0 amide bonds. The van der Waals surface area contributed by atoms with Crippen LogP contribution in [0.5, 0.6) is 0 Å². The highest BCUT2D eigenvalue weighted by atomic mass is 16.6. The summed E-state index contributed by atoms with van der Waals surface area (Å²) in [5, 5.41) is 25.1. The summed E-state index contributed by atoms with van der Waals surface area (Å²) in [6.07, 6.45) is -1.89. The quantitative estimate of drug-likeness (QED) is 0.324. The van der Waals surface area contributed by atoms with Crippen LogP contribution in [0.1, 0.15) is 86.5 Å². The van der Waals surface area contributed by atoms with Crippen LogP contribution in [0.2, 0.25) is 0 Å². The largest absolute Gasteiger partial charge is 0.466 e. The number of rotatable bonds is 7. The van der Waals surface area contributed by atoms with Crippen molar-refractivity contribution in [2.75, 3.05) is 13.2 Å². The number of hydrogen-bond donors (Lipinski definition) is 2. The number of esters is 5. The summed E-state index contributed by atoms with van der Waals surface area (Å²) < 4.78 is 28.3. The number of carbonyl (C=O) groups is 5. The van der Waals surface area contributed by atoms with E-state index in [0.717, 1.165) is 0 Å². The van der Waals surface area contributed by atoms with Crippen LogP contribution in [0.4, 0.5) is 0 Å². The van der Waals surface area contributed by atoms with Crippen molar-refractivity contribution < 1.29 is 57.9 Å². The molecule has 0 aromatic heterocycles. The van der Waals surface area contributed by atoms with Gasteiger partial charge in [0.1, 0.15) is 24.9 Å². The minimum absolute atomic E-state index is 0.000106. The minimum atomic E-state index is -1.70. The molecule has 4 aliphatic rings. The smallest absolute Gasteiger partial charge is 0.309 e. The maximum absolute atomic E-state index is 13.1. The lowest BCUT2D eigenvalue weighted by Crippen LogP contribution is -2.76. The Bertz CT molecular complexity index is 1120. The zero-order chi connectivity index (χ0) is 31.3. The first-order valence-electron chi connectivity index (χ1n) is 14.8. The second-order valence-corrected chi connectivity index (χ2v) is 12.8. The summed E-state index contributed by atoms with van der Waals surface area (Å²) in [5.41, 5.74) is -5.72. The van der Waals surface area contributed by atoms with Gasteiger partial charge in [-0.3, -0.25) is 24.0 Å². The summed E-state index contributed by atoms with van der Waals surface area (Å²) >= 11 is 0. The molecule has 0 heterocycles. The minimum Gasteiger partial charge on any atom is -0.466 e. The molecule has 0 saturated heterocycles. The van der Waals surface area contributed by atoms with Gasteiger partial charge in [-0.15, -0.1) is 0 Å². The molecule has 4 aliphatic carbocycles. The Kier molecular flexibility index (Phi) is 8.74. The van der Waals surface area contributed by atoms with Crippen molar-refractivity contribution in [3.63, 3.8) is 0 Å². The first-order valence-corrected chi connectivity index (χ1v) is 14.8. The molecule has 0 bridgehead atoms. The van der Waals surface area contributed by atoms with Crippen LogP contribution < -0.4 is 0 Å². The molecule has 4 saturated carbocycles. The lowest BCUT2D eigenvalue weighted by Gasteiger charge is -2.68. The summed E-state index contributed by atoms with van der Waals surface area (Å²) in [5.74, 6) is -5.05. The molecule has 0 spiro atoms. The number of carbonyl (C=O) groups excluding carboxylic acids is 5. The average molecular weight is 597 g/mol. The van der Waals surface area contributed by atoms with E-state index in [9.17, 15) is 34.2 Å². The molecule has 12 nitrogen and oxygen atoms in total. The fourth-order valence-electron chi connectivity index (χ4n) is 9.23. The maximum atomic E-state index is 13.1. The average Bonchev–Trinajstić information content (AvgIpc) is 3.12. The predicted octanol–water partition coefficient (Wildman–Crippen LogP) is 2.00. The Morgan fingerprint density at radius 2 is 1.45 bits per heavy atom. The van der Waals surface area contributed by atoms with E-state index in [-0.39, 0.29) is 45.1 Å². The highest BCUT2D eigenvalue weighted by Crippen LogP contribution is 2.71. The highest BCUT2D eigenvalue weighted by molar-refractivity contribution is 5.74. The zero-order valence-corrected chi connectivity index (χ0v) is 25.3. The molecular formula is C30H44O12. The van der Waals surface area contributed by atoms with E-state index in [1.54, 1.807) is 6.92 Å². The topological polar surface area (TPSA) is 172 Å². The molecule has 2 N–H and O–H groups in total. The van der Waals surface area contributed by atoms with Crippen LogP contribution in [0, 0.1) is 28.6 Å². The lowest BCUT2D eigenvalue weighted by molar-refractivity contribution is -0.320. The Morgan fingerprint density at radius 3 is 2.02 bits per heavy atom. The molecule has 0 unspecified atom stereocenters. The molecule has 4 fully saturated rings. The van der Waals surface area contributed by atoms with Crippen LogP contribution in [-0.4, -0.2) is 82.8 Å². The van der Waals surface area contributed by atoms with Gasteiger partial charge in [-0.25, -0.2) is 0 Å². The standard InChI is InChI=1S/C30H44O12/c1-7-38-26(35)22-9-11-30(37)21-8-10-28(36)13-20(40-17(3)32)12-24(42-19(5)34)29(28,15-39-16(2)31)25(21)23(41-18(4)33)14-27(22,30)6/h20-25,36-37H,7-15H2,1-6H3/t20-,21-,22+,23-,24+,25-,27+,28+,29-,30+/m1/s1. The summed E-state index contributed by atoms with van der Waals surface area (Å²) in [7, 11) is 0. The van der Waals surface area contributed by atoms with E-state index < -0.39 is 94.6 Å². The molecule has 0 aromatic rings. The Morgan fingerprint density at radius 1 is 0.810 bits per heavy atom. The SMILES string of the molecule is CCOC(=O)[C@@H]1CC[C@]2(O)[C@@H]3CC[C@]4(O)C[C@H](OC(C)=O)C[C@H](OC(C)=O)[C@]4(COC(C)=O)[C@H]3[C@H](OC(C)=O)C[C@@]12C. The van der Waals surface area contributed by atoms with Crippen molar-refractivity contribution >= 4 is 29.8 Å². The second kappa shape index (κ2) is 11.4. The van der Waals surface area contributed by atoms with E-state index in [4.69, 9.17) is 23.7 Å². The molecule has 0 radical (unpaired) electrons.